The van der Waals surface area contributed by atoms with E-state index in [4.69, 9.17) is 15.9 Å². The summed E-state index contributed by atoms with van der Waals surface area (Å²) >= 11 is 3.35. The smallest absolute Gasteiger partial charge is 0.416 e. The number of carbonyl (C=O) groups is 1. The van der Waals surface area contributed by atoms with Gasteiger partial charge in [-0.1, -0.05) is 12.0 Å². The predicted molar refractivity (Wildman–Crippen MR) is 106 cm³/mol. The summed E-state index contributed by atoms with van der Waals surface area (Å²) < 4.78 is 49.8. The Kier molecular flexibility index (Phi) is 7.67. The largest absolute Gasteiger partial charge is 0.490 e. The number of hydrogen-bond donors (Lipinski definition) is 1. The van der Waals surface area contributed by atoms with Crippen molar-refractivity contribution in [1.82, 2.24) is 5.43 Å². The molecule has 9 heteroatoms. The highest BCUT2D eigenvalue weighted by Crippen LogP contribution is 2.36. The second-order valence-electron chi connectivity index (χ2n) is 5.53. The summed E-state index contributed by atoms with van der Waals surface area (Å²) in [5.41, 5.74) is 1.67. The van der Waals surface area contributed by atoms with Crippen LogP contribution in [0.3, 0.4) is 0 Å². The number of alkyl halides is 3. The molecule has 0 fully saturated rings. The van der Waals surface area contributed by atoms with Gasteiger partial charge < -0.3 is 9.47 Å². The van der Waals surface area contributed by atoms with Crippen molar-refractivity contribution < 1.29 is 27.4 Å². The molecule has 0 saturated carbocycles. The van der Waals surface area contributed by atoms with Gasteiger partial charge in [0, 0.05) is 5.56 Å². The maximum atomic E-state index is 12.8. The van der Waals surface area contributed by atoms with Crippen molar-refractivity contribution in [2.24, 2.45) is 5.10 Å². The fraction of sp³-hybridized carbons (Fsp3) is 0.200. The molecule has 0 radical (unpaired) electrons. The van der Waals surface area contributed by atoms with Crippen molar-refractivity contribution in [2.75, 3.05) is 13.2 Å². The van der Waals surface area contributed by atoms with Gasteiger partial charge in [0.05, 0.1) is 22.9 Å². The van der Waals surface area contributed by atoms with Gasteiger partial charge in [-0.15, -0.1) is 6.42 Å². The number of nitrogens with one attached hydrogen (secondary N) is 1. The van der Waals surface area contributed by atoms with E-state index in [0.717, 1.165) is 18.2 Å². The second kappa shape index (κ2) is 9.98. The van der Waals surface area contributed by atoms with Gasteiger partial charge in [-0.3, -0.25) is 4.79 Å². The zero-order chi connectivity index (χ0) is 21.4. The number of carbonyl (C=O) groups excluding carboxylic acids is 1. The normalized spacial score (nSPS) is 11.2. The Morgan fingerprint density at radius 1 is 1.31 bits per heavy atom. The summed E-state index contributed by atoms with van der Waals surface area (Å²) in [6.45, 7) is 2.24. The van der Waals surface area contributed by atoms with Gasteiger partial charge in [-0.25, -0.2) is 5.43 Å². The summed E-state index contributed by atoms with van der Waals surface area (Å²) in [6, 6.07) is 7.35. The van der Waals surface area contributed by atoms with E-state index in [9.17, 15) is 18.0 Å². The van der Waals surface area contributed by atoms with Crippen LogP contribution in [0, 0.1) is 12.3 Å². The summed E-state index contributed by atoms with van der Waals surface area (Å²) in [4.78, 5) is 12.1. The number of hydrogen-bond acceptors (Lipinski definition) is 4. The molecule has 2 aromatic rings. The average molecular weight is 469 g/mol. The molecule has 2 rings (SSSR count). The average Bonchev–Trinajstić information content (AvgIpc) is 2.67. The van der Waals surface area contributed by atoms with Crippen LogP contribution in [-0.2, 0) is 6.18 Å². The number of amides is 1. The number of nitrogens with zero attached hydrogens (tertiary/aromatic N) is 1. The molecule has 0 aliphatic heterocycles. The molecular formula is C20H16BrF3N2O3. The van der Waals surface area contributed by atoms with Crippen LogP contribution in [0.2, 0.25) is 0 Å². The van der Waals surface area contributed by atoms with Gasteiger partial charge in [0.25, 0.3) is 5.91 Å². The minimum absolute atomic E-state index is 0.0547. The molecule has 5 nitrogen and oxygen atoms in total. The Morgan fingerprint density at radius 2 is 2.07 bits per heavy atom. The summed E-state index contributed by atoms with van der Waals surface area (Å²) in [5, 5.41) is 3.79. The summed E-state index contributed by atoms with van der Waals surface area (Å²) in [5.74, 6) is 2.43. The molecule has 152 valence electrons. The minimum Gasteiger partial charge on any atom is -0.490 e. The molecule has 1 amide bonds. The van der Waals surface area contributed by atoms with Gasteiger partial charge in [-0.05, 0) is 58.7 Å². The number of halogens is 4. The lowest BCUT2D eigenvalue weighted by Crippen LogP contribution is -2.18. The van der Waals surface area contributed by atoms with Crippen LogP contribution in [0.25, 0.3) is 0 Å². The molecule has 0 aliphatic rings. The first-order chi connectivity index (χ1) is 13.8. The van der Waals surface area contributed by atoms with Gasteiger partial charge in [0.15, 0.2) is 11.5 Å². The van der Waals surface area contributed by atoms with Crippen LogP contribution in [0.15, 0.2) is 46.0 Å². The Bertz CT molecular complexity index is 953. The number of terminal acetylenes is 1. The molecule has 0 saturated heterocycles. The van der Waals surface area contributed by atoms with Crippen molar-refractivity contribution in [3.63, 3.8) is 0 Å². The van der Waals surface area contributed by atoms with Gasteiger partial charge in [-0.2, -0.15) is 18.3 Å². The van der Waals surface area contributed by atoms with Crippen molar-refractivity contribution in [3.8, 4) is 23.8 Å². The van der Waals surface area contributed by atoms with Crippen molar-refractivity contribution in [1.29, 1.82) is 0 Å². The number of ether oxygens (including phenoxy) is 2. The van der Waals surface area contributed by atoms with Crippen molar-refractivity contribution in [2.45, 2.75) is 13.1 Å². The lowest BCUT2D eigenvalue weighted by atomic mass is 10.1. The monoisotopic (exact) mass is 468 g/mol. The van der Waals surface area contributed by atoms with Crippen LogP contribution < -0.4 is 14.9 Å². The third-order valence-corrected chi connectivity index (χ3v) is 4.05. The molecule has 1 N–H and O–H groups in total. The highest BCUT2D eigenvalue weighted by atomic mass is 79.9. The van der Waals surface area contributed by atoms with Gasteiger partial charge >= 0.3 is 6.18 Å². The summed E-state index contributed by atoms with van der Waals surface area (Å²) in [7, 11) is 0. The standard InChI is InChI=1S/C20H16BrF3N2O3/c1-3-8-29-18-16(21)9-13(10-17(18)28-4-2)12-25-26-19(27)14-6-5-7-15(11-14)20(22,23)24/h1,5-7,9-12H,4,8H2,2H3,(H,26,27)/b25-12-. The molecule has 0 aliphatic carbocycles. The fourth-order valence-corrected chi connectivity index (χ4v) is 2.82. The van der Waals surface area contributed by atoms with Crippen molar-refractivity contribution in [3.05, 3.63) is 57.6 Å². The third-order valence-electron chi connectivity index (χ3n) is 3.46. The maximum absolute atomic E-state index is 12.8. The van der Waals surface area contributed by atoms with E-state index in [1.807, 2.05) is 0 Å². The van der Waals surface area contributed by atoms with E-state index in [1.165, 1.54) is 12.3 Å². The van der Waals surface area contributed by atoms with E-state index in [2.05, 4.69) is 32.4 Å². The van der Waals surface area contributed by atoms with Crippen molar-refractivity contribution >= 4 is 28.1 Å². The van der Waals surface area contributed by atoms with E-state index >= 15 is 0 Å². The maximum Gasteiger partial charge on any atom is 0.416 e. The fourth-order valence-electron chi connectivity index (χ4n) is 2.25. The Labute approximate surface area is 174 Å². The highest BCUT2D eigenvalue weighted by Gasteiger charge is 2.30. The second-order valence-corrected chi connectivity index (χ2v) is 6.39. The topological polar surface area (TPSA) is 59.9 Å². The molecular weight excluding hydrogens is 453 g/mol. The van der Waals surface area contributed by atoms with E-state index in [-0.39, 0.29) is 12.2 Å². The first-order valence-electron chi connectivity index (χ1n) is 8.29. The lowest BCUT2D eigenvalue weighted by molar-refractivity contribution is -0.137. The molecule has 0 aromatic heterocycles. The van der Waals surface area contributed by atoms with Crippen LogP contribution in [0.1, 0.15) is 28.4 Å². The third kappa shape index (κ3) is 6.26. The Morgan fingerprint density at radius 3 is 2.72 bits per heavy atom. The number of benzene rings is 2. The first-order valence-corrected chi connectivity index (χ1v) is 9.08. The Balaban J connectivity index is 2.15. The van der Waals surface area contributed by atoms with Crippen LogP contribution in [0.5, 0.6) is 11.5 Å². The van der Waals surface area contributed by atoms with E-state index in [0.29, 0.717) is 28.1 Å². The Hall–Kier alpha value is -2.99. The SMILES string of the molecule is C#CCOc1c(Br)cc(/C=N\NC(=O)c2cccc(C(F)(F)F)c2)cc1OCC. The van der Waals surface area contributed by atoms with Gasteiger partial charge in [0.2, 0.25) is 0 Å². The zero-order valence-corrected chi connectivity index (χ0v) is 16.8. The molecule has 2 aromatic carbocycles. The molecule has 0 heterocycles. The quantitative estimate of drug-likeness (QED) is 0.365. The number of rotatable bonds is 7. The molecule has 0 bridgehead atoms. The minimum atomic E-state index is -4.54. The van der Waals surface area contributed by atoms with Crippen LogP contribution in [0.4, 0.5) is 13.2 Å². The highest BCUT2D eigenvalue weighted by molar-refractivity contribution is 9.10. The van der Waals surface area contributed by atoms with Crippen LogP contribution in [-0.4, -0.2) is 25.3 Å². The predicted octanol–water partition coefficient (Wildman–Crippen LogP) is 4.64. The number of hydrazone groups is 1. The van der Waals surface area contributed by atoms with E-state index < -0.39 is 17.6 Å². The lowest BCUT2D eigenvalue weighted by Gasteiger charge is -2.13. The van der Waals surface area contributed by atoms with Gasteiger partial charge in [0.1, 0.15) is 6.61 Å². The summed E-state index contributed by atoms with van der Waals surface area (Å²) in [6.07, 6.45) is 1.99. The molecule has 29 heavy (non-hydrogen) atoms. The zero-order valence-electron chi connectivity index (χ0n) is 15.2. The van der Waals surface area contributed by atoms with Crippen LogP contribution >= 0.6 is 15.9 Å². The molecule has 0 unspecified atom stereocenters. The molecule has 0 atom stereocenters. The molecule has 0 spiro atoms. The van der Waals surface area contributed by atoms with E-state index in [1.54, 1.807) is 19.1 Å². The first kappa shape index (κ1) is 22.3.